The van der Waals surface area contributed by atoms with Crippen LogP contribution in [-0.4, -0.2) is 11.6 Å². The molecule has 0 fully saturated rings. The molecular weight excluding hydrogens is 224 g/mol. The highest BCUT2D eigenvalue weighted by Gasteiger charge is 2.21. The van der Waals surface area contributed by atoms with Crippen LogP contribution in [0.2, 0.25) is 0 Å². The standard InChI is InChI=1S/C9H18O.C5H10O.C2H6/c1-6(2)9(7(3)4)8(5)10;1-4(2)5(3)6;1-2/h6-7,9H,1-5H3;4H,1-3H3;1-2H3. The van der Waals surface area contributed by atoms with Crippen molar-refractivity contribution in [2.24, 2.45) is 23.7 Å². The molecule has 0 saturated carbocycles. The molecule has 0 saturated heterocycles. The van der Waals surface area contributed by atoms with Crippen LogP contribution in [0.25, 0.3) is 0 Å². The van der Waals surface area contributed by atoms with Crippen molar-refractivity contribution in [3.63, 3.8) is 0 Å². The minimum Gasteiger partial charge on any atom is -0.300 e. The van der Waals surface area contributed by atoms with E-state index in [-0.39, 0.29) is 17.6 Å². The van der Waals surface area contributed by atoms with Crippen LogP contribution in [-0.2, 0) is 9.59 Å². The van der Waals surface area contributed by atoms with E-state index >= 15 is 0 Å². The normalized spacial score (nSPS) is 9.89. The van der Waals surface area contributed by atoms with Crippen LogP contribution in [0.15, 0.2) is 0 Å². The Bertz CT molecular complexity index is 207. The van der Waals surface area contributed by atoms with Gasteiger partial charge in [0.2, 0.25) is 0 Å². The maximum absolute atomic E-state index is 11.0. The lowest BCUT2D eigenvalue weighted by Crippen LogP contribution is -2.22. The molecule has 0 aliphatic rings. The monoisotopic (exact) mass is 258 g/mol. The van der Waals surface area contributed by atoms with E-state index in [2.05, 4.69) is 27.7 Å². The van der Waals surface area contributed by atoms with Crippen LogP contribution < -0.4 is 0 Å². The summed E-state index contributed by atoms with van der Waals surface area (Å²) < 4.78 is 0. The molecule has 2 heteroatoms. The van der Waals surface area contributed by atoms with Gasteiger partial charge in [-0.3, -0.25) is 9.59 Å². The molecule has 0 bridgehead atoms. The third kappa shape index (κ3) is 13.4. The van der Waals surface area contributed by atoms with E-state index in [9.17, 15) is 9.59 Å². The average molecular weight is 258 g/mol. The zero-order chi connectivity index (χ0) is 15.5. The molecule has 0 rings (SSSR count). The van der Waals surface area contributed by atoms with Crippen molar-refractivity contribution in [3.05, 3.63) is 0 Å². The SMILES string of the molecule is CC.CC(=O)C(C(C)C)C(C)C.CC(=O)C(C)C. The summed E-state index contributed by atoms with van der Waals surface area (Å²) in [6.07, 6.45) is 0. The molecule has 0 aliphatic heterocycles. The Labute approximate surface area is 115 Å². The number of Topliss-reactive ketones (excluding diaryl/α,β-unsaturated/α-hetero) is 2. The van der Waals surface area contributed by atoms with Crippen molar-refractivity contribution in [2.45, 2.75) is 69.2 Å². The van der Waals surface area contributed by atoms with Gasteiger partial charge in [0.15, 0.2) is 0 Å². The van der Waals surface area contributed by atoms with Gasteiger partial charge >= 0.3 is 0 Å². The first-order chi connectivity index (χ1) is 8.11. The molecule has 0 aliphatic carbocycles. The smallest absolute Gasteiger partial charge is 0.133 e. The third-order valence-electron chi connectivity index (χ3n) is 2.72. The predicted molar refractivity (Wildman–Crippen MR) is 80.7 cm³/mol. The third-order valence-corrected chi connectivity index (χ3v) is 2.72. The predicted octanol–water partition coefficient (Wildman–Crippen LogP) is 4.76. The number of rotatable bonds is 4. The van der Waals surface area contributed by atoms with Crippen molar-refractivity contribution < 1.29 is 9.59 Å². The van der Waals surface area contributed by atoms with E-state index in [0.717, 1.165) is 0 Å². The number of hydrogen-bond acceptors (Lipinski definition) is 2. The van der Waals surface area contributed by atoms with Gasteiger partial charge in [-0.1, -0.05) is 55.4 Å². The molecule has 0 atom stereocenters. The maximum Gasteiger partial charge on any atom is 0.133 e. The molecule has 0 amide bonds. The largest absolute Gasteiger partial charge is 0.300 e. The number of ketones is 2. The van der Waals surface area contributed by atoms with Gasteiger partial charge in [0, 0.05) is 11.8 Å². The summed E-state index contributed by atoms with van der Waals surface area (Å²) in [4.78, 5) is 21.2. The number of carbonyl (C=O) groups excluding carboxylic acids is 2. The fourth-order valence-corrected chi connectivity index (χ4v) is 1.71. The Morgan fingerprint density at radius 1 is 0.667 bits per heavy atom. The van der Waals surface area contributed by atoms with Gasteiger partial charge in [0.25, 0.3) is 0 Å². The molecule has 0 radical (unpaired) electrons. The fourth-order valence-electron chi connectivity index (χ4n) is 1.71. The molecule has 2 nitrogen and oxygen atoms in total. The molecular formula is C16H34O2. The highest BCUT2D eigenvalue weighted by Crippen LogP contribution is 2.20. The molecule has 0 aromatic rings. The summed E-state index contributed by atoms with van der Waals surface area (Å²) in [6, 6.07) is 0. The van der Waals surface area contributed by atoms with Crippen LogP contribution in [0.4, 0.5) is 0 Å². The van der Waals surface area contributed by atoms with Gasteiger partial charge in [-0.15, -0.1) is 0 Å². The Morgan fingerprint density at radius 3 is 0.889 bits per heavy atom. The Kier molecular flexibility index (Phi) is 16.0. The Hall–Kier alpha value is -0.660. The lowest BCUT2D eigenvalue weighted by molar-refractivity contribution is -0.123. The van der Waals surface area contributed by atoms with E-state index in [1.165, 1.54) is 0 Å². The summed E-state index contributed by atoms with van der Waals surface area (Å²) in [5.41, 5.74) is 0. The van der Waals surface area contributed by atoms with Gasteiger partial charge < -0.3 is 0 Å². The lowest BCUT2D eigenvalue weighted by Gasteiger charge is -2.21. The van der Waals surface area contributed by atoms with E-state index in [1.807, 2.05) is 27.7 Å². The van der Waals surface area contributed by atoms with Crippen LogP contribution in [0.1, 0.15) is 69.2 Å². The van der Waals surface area contributed by atoms with Crippen LogP contribution in [0.5, 0.6) is 0 Å². The van der Waals surface area contributed by atoms with Gasteiger partial charge in [0.1, 0.15) is 11.6 Å². The van der Waals surface area contributed by atoms with Gasteiger partial charge in [-0.2, -0.15) is 0 Å². The molecule has 18 heavy (non-hydrogen) atoms. The average Bonchev–Trinajstić information content (AvgIpc) is 2.19. The van der Waals surface area contributed by atoms with E-state index in [0.29, 0.717) is 17.6 Å². The minimum absolute atomic E-state index is 0.213. The van der Waals surface area contributed by atoms with Crippen molar-refractivity contribution in [3.8, 4) is 0 Å². The molecule has 0 aromatic carbocycles. The van der Waals surface area contributed by atoms with Gasteiger partial charge in [-0.05, 0) is 25.7 Å². The highest BCUT2D eigenvalue weighted by molar-refractivity contribution is 5.78. The molecule has 110 valence electrons. The van der Waals surface area contributed by atoms with E-state index in [4.69, 9.17) is 0 Å². The first-order valence-corrected chi connectivity index (χ1v) is 7.12. The van der Waals surface area contributed by atoms with E-state index < -0.39 is 0 Å². The second kappa shape index (κ2) is 12.8. The second-order valence-electron chi connectivity index (χ2n) is 5.39. The Balaban J connectivity index is -0.000000241. The molecule has 0 N–H and O–H groups in total. The van der Waals surface area contributed by atoms with Crippen molar-refractivity contribution in [1.82, 2.24) is 0 Å². The minimum atomic E-state index is 0.213. The van der Waals surface area contributed by atoms with Gasteiger partial charge in [0.05, 0.1) is 0 Å². The molecule has 0 heterocycles. The van der Waals surface area contributed by atoms with Crippen LogP contribution in [0, 0.1) is 23.7 Å². The molecule has 0 unspecified atom stereocenters. The second-order valence-corrected chi connectivity index (χ2v) is 5.39. The van der Waals surface area contributed by atoms with Crippen LogP contribution >= 0.6 is 0 Å². The van der Waals surface area contributed by atoms with Crippen LogP contribution in [0.3, 0.4) is 0 Å². The fraction of sp³-hybridized carbons (Fsp3) is 0.875. The zero-order valence-electron chi connectivity index (χ0n) is 14.1. The molecule has 0 spiro atoms. The lowest BCUT2D eigenvalue weighted by atomic mass is 9.83. The Morgan fingerprint density at radius 2 is 0.889 bits per heavy atom. The zero-order valence-corrected chi connectivity index (χ0v) is 14.1. The maximum atomic E-state index is 11.0. The molecule has 0 aromatic heterocycles. The summed E-state index contributed by atoms with van der Waals surface area (Å²) in [5, 5.41) is 0. The van der Waals surface area contributed by atoms with E-state index in [1.54, 1.807) is 13.8 Å². The van der Waals surface area contributed by atoms with Crippen molar-refractivity contribution >= 4 is 11.6 Å². The number of carbonyl (C=O) groups is 2. The first-order valence-electron chi connectivity index (χ1n) is 7.12. The highest BCUT2D eigenvalue weighted by atomic mass is 16.1. The van der Waals surface area contributed by atoms with Crippen molar-refractivity contribution in [1.29, 1.82) is 0 Å². The first kappa shape index (κ1) is 22.5. The van der Waals surface area contributed by atoms with Crippen molar-refractivity contribution in [2.75, 3.05) is 0 Å². The number of hydrogen-bond donors (Lipinski definition) is 0. The summed E-state index contributed by atoms with van der Waals surface area (Å²) in [5.74, 6) is 2.01. The summed E-state index contributed by atoms with van der Waals surface area (Å²) in [7, 11) is 0. The topological polar surface area (TPSA) is 34.1 Å². The van der Waals surface area contributed by atoms with Gasteiger partial charge in [-0.25, -0.2) is 0 Å². The summed E-state index contributed by atoms with van der Waals surface area (Å²) >= 11 is 0. The quantitative estimate of drug-likeness (QED) is 0.728. The summed E-state index contributed by atoms with van der Waals surface area (Å²) in [6.45, 7) is 19.5.